The van der Waals surface area contributed by atoms with E-state index >= 15 is 0 Å². The normalized spacial score (nSPS) is 10.8. The van der Waals surface area contributed by atoms with Crippen molar-refractivity contribution in [2.75, 3.05) is 0 Å². The molecule has 3 rings (SSSR count). The Morgan fingerprint density at radius 1 is 1.10 bits per heavy atom. The fraction of sp³-hybridized carbons (Fsp3) is 0. The van der Waals surface area contributed by atoms with E-state index in [1.165, 1.54) is 12.1 Å². The Kier molecular flexibility index (Phi) is 3.31. The summed E-state index contributed by atoms with van der Waals surface area (Å²) in [5, 5.41) is 1.08. The predicted octanol–water partition coefficient (Wildman–Crippen LogP) is 3.79. The van der Waals surface area contributed by atoms with Gasteiger partial charge in [-0.05, 0) is 35.9 Å². The highest BCUT2D eigenvalue weighted by atomic mass is 35.5. The van der Waals surface area contributed by atoms with Crippen LogP contribution in [0.25, 0.3) is 22.0 Å². The minimum absolute atomic E-state index is 0.143. The second kappa shape index (κ2) is 5.14. The molecule has 0 unspecified atom stereocenters. The number of hydrogen-bond acceptors (Lipinski definition) is 2. The Morgan fingerprint density at radius 2 is 1.86 bits per heavy atom. The molecule has 3 aromatic rings. The monoisotopic (exact) mass is 300 g/mol. The summed E-state index contributed by atoms with van der Waals surface area (Å²) in [6.45, 7) is 0. The first-order valence-corrected chi connectivity index (χ1v) is 6.59. The molecule has 0 aliphatic heterocycles. The maximum Gasteiger partial charge on any atom is 0.267 e. The average molecular weight is 301 g/mol. The van der Waals surface area contributed by atoms with Crippen molar-refractivity contribution in [3.8, 4) is 11.1 Å². The quantitative estimate of drug-likeness (QED) is 0.782. The lowest BCUT2D eigenvalue weighted by atomic mass is 10.00. The summed E-state index contributed by atoms with van der Waals surface area (Å²) in [4.78, 5) is 15.7. The summed E-state index contributed by atoms with van der Waals surface area (Å²) in [6.07, 6.45) is 0. The number of halogens is 2. The van der Waals surface area contributed by atoms with E-state index in [-0.39, 0.29) is 10.7 Å². The van der Waals surface area contributed by atoms with Gasteiger partial charge in [0.25, 0.3) is 5.91 Å². The largest absolute Gasteiger partial charge is 0.364 e. The minimum atomic E-state index is -0.625. The van der Waals surface area contributed by atoms with Crippen LogP contribution in [-0.2, 0) is 0 Å². The maximum absolute atomic E-state index is 13.2. The second-order valence-electron chi connectivity index (χ2n) is 4.56. The Hall–Kier alpha value is -2.46. The summed E-state index contributed by atoms with van der Waals surface area (Å²) in [7, 11) is 0. The third-order valence-corrected chi connectivity index (χ3v) is 3.50. The molecule has 0 aliphatic rings. The van der Waals surface area contributed by atoms with Gasteiger partial charge in [0.2, 0.25) is 0 Å². The highest BCUT2D eigenvalue weighted by molar-refractivity contribution is 6.33. The van der Waals surface area contributed by atoms with Crippen LogP contribution in [-0.4, -0.2) is 10.9 Å². The number of hydrogen-bond donors (Lipinski definition) is 1. The van der Waals surface area contributed by atoms with Crippen LogP contribution in [0.5, 0.6) is 0 Å². The molecule has 0 saturated carbocycles. The molecule has 1 heterocycles. The SMILES string of the molecule is NC(=O)c1cc(-c2ccc(F)cc2Cl)c2ccccc2n1. The van der Waals surface area contributed by atoms with Gasteiger partial charge < -0.3 is 5.73 Å². The smallest absolute Gasteiger partial charge is 0.267 e. The van der Waals surface area contributed by atoms with E-state index in [0.717, 1.165) is 5.39 Å². The van der Waals surface area contributed by atoms with E-state index in [1.54, 1.807) is 18.2 Å². The third kappa shape index (κ3) is 2.45. The highest BCUT2D eigenvalue weighted by Gasteiger charge is 2.13. The molecule has 2 N–H and O–H groups in total. The van der Waals surface area contributed by atoms with Gasteiger partial charge in [0, 0.05) is 10.9 Å². The Bertz CT molecular complexity index is 864. The zero-order valence-corrected chi connectivity index (χ0v) is 11.6. The molecule has 0 saturated heterocycles. The van der Waals surface area contributed by atoms with Gasteiger partial charge in [-0.25, -0.2) is 9.37 Å². The number of para-hydroxylation sites is 1. The van der Waals surface area contributed by atoms with Crippen molar-refractivity contribution in [1.29, 1.82) is 0 Å². The number of nitrogens with two attached hydrogens (primary N) is 1. The fourth-order valence-electron chi connectivity index (χ4n) is 2.23. The number of nitrogens with zero attached hydrogens (tertiary/aromatic N) is 1. The summed E-state index contributed by atoms with van der Waals surface area (Å²) in [5.41, 5.74) is 7.41. The van der Waals surface area contributed by atoms with Crippen molar-refractivity contribution in [3.63, 3.8) is 0 Å². The van der Waals surface area contributed by atoms with Gasteiger partial charge in [-0.1, -0.05) is 29.8 Å². The molecule has 1 amide bonds. The van der Waals surface area contributed by atoms with E-state index in [1.807, 2.05) is 18.2 Å². The van der Waals surface area contributed by atoms with Gasteiger partial charge in [0.15, 0.2) is 0 Å². The Morgan fingerprint density at radius 3 is 2.57 bits per heavy atom. The topological polar surface area (TPSA) is 56.0 Å². The van der Waals surface area contributed by atoms with Crippen LogP contribution in [0.2, 0.25) is 5.02 Å². The third-order valence-electron chi connectivity index (χ3n) is 3.19. The molecule has 0 atom stereocenters. The number of carbonyl (C=O) groups is 1. The maximum atomic E-state index is 13.2. The van der Waals surface area contributed by atoms with Crippen LogP contribution >= 0.6 is 11.6 Å². The van der Waals surface area contributed by atoms with Gasteiger partial charge in [-0.15, -0.1) is 0 Å². The summed E-state index contributed by atoms with van der Waals surface area (Å²) in [5.74, 6) is -1.04. The molecular formula is C16H10ClFN2O. The molecule has 2 aromatic carbocycles. The molecule has 3 nitrogen and oxygen atoms in total. The first-order chi connectivity index (χ1) is 10.1. The number of amides is 1. The number of primary amides is 1. The van der Waals surface area contributed by atoms with Gasteiger partial charge >= 0.3 is 0 Å². The zero-order chi connectivity index (χ0) is 15.0. The molecule has 0 spiro atoms. The van der Waals surface area contributed by atoms with Crippen LogP contribution in [0.15, 0.2) is 48.5 Å². The van der Waals surface area contributed by atoms with Crippen LogP contribution < -0.4 is 5.73 Å². The summed E-state index contributed by atoms with van der Waals surface area (Å²) >= 11 is 6.12. The van der Waals surface area contributed by atoms with Crippen molar-refractivity contribution in [2.24, 2.45) is 5.73 Å². The standard InChI is InChI=1S/C16H10ClFN2O/c17-13-7-9(18)5-6-10(13)12-8-15(16(19)21)20-14-4-2-1-3-11(12)14/h1-8H,(H2,19,21). The number of pyridine rings is 1. The van der Waals surface area contributed by atoms with E-state index < -0.39 is 11.7 Å². The first kappa shape index (κ1) is 13.5. The van der Waals surface area contributed by atoms with Gasteiger partial charge in [0.05, 0.1) is 10.5 Å². The van der Waals surface area contributed by atoms with E-state index in [0.29, 0.717) is 16.6 Å². The molecule has 5 heteroatoms. The molecule has 21 heavy (non-hydrogen) atoms. The molecule has 0 aliphatic carbocycles. The van der Waals surface area contributed by atoms with Crippen LogP contribution in [0, 0.1) is 5.82 Å². The second-order valence-corrected chi connectivity index (χ2v) is 4.97. The van der Waals surface area contributed by atoms with Crippen molar-refractivity contribution < 1.29 is 9.18 Å². The zero-order valence-electron chi connectivity index (χ0n) is 10.8. The Balaban J connectivity index is 2.37. The number of fused-ring (bicyclic) bond motifs is 1. The van der Waals surface area contributed by atoms with Gasteiger partial charge in [-0.2, -0.15) is 0 Å². The van der Waals surface area contributed by atoms with Crippen molar-refractivity contribution in [2.45, 2.75) is 0 Å². The van der Waals surface area contributed by atoms with Crippen molar-refractivity contribution in [3.05, 3.63) is 65.1 Å². The Labute approximate surface area is 125 Å². The molecule has 0 bridgehead atoms. The lowest BCUT2D eigenvalue weighted by Crippen LogP contribution is -2.13. The van der Waals surface area contributed by atoms with Gasteiger partial charge in [-0.3, -0.25) is 4.79 Å². The van der Waals surface area contributed by atoms with Crippen molar-refractivity contribution in [1.82, 2.24) is 4.98 Å². The van der Waals surface area contributed by atoms with E-state index in [4.69, 9.17) is 17.3 Å². The number of carbonyl (C=O) groups excluding carboxylic acids is 1. The molecular weight excluding hydrogens is 291 g/mol. The highest BCUT2D eigenvalue weighted by Crippen LogP contribution is 2.33. The molecule has 0 fully saturated rings. The van der Waals surface area contributed by atoms with E-state index in [9.17, 15) is 9.18 Å². The fourth-order valence-corrected chi connectivity index (χ4v) is 2.50. The number of rotatable bonds is 2. The summed E-state index contributed by atoms with van der Waals surface area (Å²) < 4.78 is 13.2. The van der Waals surface area contributed by atoms with Crippen LogP contribution in [0.3, 0.4) is 0 Å². The average Bonchev–Trinajstić information content (AvgIpc) is 2.46. The minimum Gasteiger partial charge on any atom is -0.364 e. The number of aromatic nitrogens is 1. The van der Waals surface area contributed by atoms with Crippen LogP contribution in [0.1, 0.15) is 10.5 Å². The first-order valence-electron chi connectivity index (χ1n) is 6.21. The van der Waals surface area contributed by atoms with Gasteiger partial charge in [0.1, 0.15) is 11.5 Å². The van der Waals surface area contributed by atoms with Crippen LogP contribution in [0.4, 0.5) is 4.39 Å². The lowest BCUT2D eigenvalue weighted by Gasteiger charge is -2.10. The molecule has 104 valence electrons. The van der Waals surface area contributed by atoms with Crippen molar-refractivity contribution >= 4 is 28.4 Å². The molecule has 1 aromatic heterocycles. The lowest BCUT2D eigenvalue weighted by molar-refractivity contribution is 0.0996. The van der Waals surface area contributed by atoms with E-state index in [2.05, 4.69) is 4.98 Å². The summed E-state index contributed by atoms with van der Waals surface area (Å²) in [6, 6.07) is 13.0. The predicted molar refractivity (Wildman–Crippen MR) is 80.7 cm³/mol. The molecule has 0 radical (unpaired) electrons. The number of benzene rings is 2.